The Morgan fingerprint density at radius 2 is 1.89 bits per heavy atom. The van der Waals surface area contributed by atoms with E-state index in [2.05, 4.69) is 15.9 Å². The lowest BCUT2D eigenvalue weighted by atomic mass is 10.2. The Balaban J connectivity index is 2.40. The quantitative estimate of drug-likeness (QED) is 0.788. The van der Waals surface area contributed by atoms with Crippen LogP contribution in [0, 0.1) is 11.6 Å². The molecule has 0 N–H and O–H groups in total. The summed E-state index contributed by atoms with van der Waals surface area (Å²) in [7, 11) is 0. The molecule has 2 aromatic carbocycles. The van der Waals surface area contributed by atoms with Gasteiger partial charge in [-0.1, -0.05) is 22.0 Å². The van der Waals surface area contributed by atoms with E-state index < -0.39 is 11.6 Å². The maximum atomic E-state index is 13.4. The van der Waals surface area contributed by atoms with Gasteiger partial charge in [-0.25, -0.2) is 4.39 Å². The second-order valence-corrected chi connectivity index (χ2v) is 4.37. The molecule has 0 saturated carbocycles. The molecule has 0 saturated heterocycles. The normalized spacial score (nSPS) is 10.2. The minimum absolute atomic E-state index is 0.165. The maximum absolute atomic E-state index is 13.4. The van der Waals surface area contributed by atoms with Crippen molar-refractivity contribution in [2.75, 3.05) is 0 Å². The van der Waals surface area contributed by atoms with Crippen LogP contribution in [-0.4, -0.2) is 6.29 Å². The zero-order chi connectivity index (χ0) is 13.1. The predicted octanol–water partition coefficient (Wildman–Crippen LogP) is 4.33. The van der Waals surface area contributed by atoms with Gasteiger partial charge in [0.1, 0.15) is 5.75 Å². The topological polar surface area (TPSA) is 26.3 Å². The summed E-state index contributed by atoms with van der Waals surface area (Å²) in [6.45, 7) is 0. The summed E-state index contributed by atoms with van der Waals surface area (Å²) in [5.41, 5.74) is 0.244. The second-order valence-electron chi connectivity index (χ2n) is 3.45. The number of hydrogen-bond acceptors (Lipinski definition) is 2. The van der Waals surface area contributed by atoms with Crippen LogP contribution in [-0.2, 0) is 0 Å². The fourth-order valence-electron chi connectivity index (χ4n) is 1.39. The van der Waals surface area contributed by atoms with Gasteiger partial charge in [0, 0.05) is 4.47 Å². The number of carbonyl (C=O) groups excluding carboxylic acids is 1. The van der Waals surface area contributed by atoms with Crippen molar-refractivity contribution in [3.05, 3.63) is 58.1 Å². The van der Waals surface area contributed by atoms with Gasteiger partial charge in [-0.3, -0.25) is 4.79 Å². The summed E-state index contributed by atoms with van der Waals surface area (Å²) >= 11 is 3.20. The average molecular weight is 313 g/mol. The number of hydrogen-bond donors (Lipinski definition) is 0. The van der Waals surface area contributed by atoms with E-state index in [1.54, 1.807) is 6.07 Å². The molecule has 2 aromatic rings. The van der Waals surface area contributed by atoms with Crippen molar-refractivity contribution >= 4 is 22.2 Å². The van der Waals surface area contributed by atoms with Crippen molar-refractivity contribution in [3.63, 3.8) is 0 Å². The molecule has 0 atom stereocenters. The lowest BCUT2D eigenvalue weighted by Gasteiger charge is -2.09. The molecule has 2 nitrogen and oxygen atoms in total. The van der Waals surface area contributed by atoms with Crippen molar-refractivity contribution in [2.24, 2.45) is 0 Å². The van der Waals surface area contributed by atoms with Crippen molar-refractivity contribution in [3.8, 4) is 11.5 Å². The first kappa shape index (κ1) is 12.7. The van der Waals surface area contributed by atoms with Gasteiger partial charge in [0.05, 0.1) is 5.56 Å². The summed E-state index contributed by atoms with van der Waals surface area (Å²) in [6, 6.07) is 8.27. The highest BCUT2D eigenvalue weighted by Crippen LogP contribution is 2.29. The molecule has 0 unspecified atom stereocenters. The Kier molecular flexibility index (Phi) is 3.72. The number of aldehydes is 1. The minimum Gasteiger partial charge on any atom is -0.453 e. The van der Waals surface area contributed by atoms with E-state index in [0.29, 0.717) is 10.8 Å². The van der Waals surface area contributed by atoms with Crippen molar-refractivity contribution in [2.45, 2.75) is 0 Å². The van der Waals surface area contributed by atoms with Gasteiger partial charge in [-0.15, -0.1) is 0 Å². The molecule has 5 heteroatoms. The van der Waals surface area contributed by atoms with Crippen LogP contribution in [0.1, 0.15) is 10.4 Å². The minimum atomic E-state index is -1.09. The lowest BCUT2D eigenvalue weighted by Crippen LogP contribution is -1.94. The van der Waals surface area contributed by atoms with E-state index >= 15 is 0 Å². The zero-order valence-electron chi connectivity index (χ0n) is 8.99. The van der Waals surface area contributed by atoms with E-state index in [9.17, 15) is 13.6 Å². The highest BCUT2D eigenvalue weighted by atomic mass is 79.9. The predicted molar refractivity (Wildman–Crippen MR) is 66.0 cm³/mol. The largest absolute Gasteiger partial charge is 0.453 e. The van der Waals surface area contributed by atoms with E-state index in [4.69, 9.17) is 4.74 Å². The Morgan fingerprint density at radius 3 is 2.61 bits per heavy atom. The molecule has 0 amide bonds. The first-order valence-electron chi connectivity index (χ1n) is 4.98. The summed E-state index contributed by atoms with van der Waals surface area (Å²) in [5, 5.41) is 0. The number of ether oxygens (including phenoxy) is 1. The molecule has 92 valence electrons. The van der Waals surface area contributed by atoms with E-state index in [1.165, 1.54) is 24.3 Å². The third-order valence-corrected chi connectivity index (χ3v) is 2.73. The van der Waals surface area contributed by atoms with Gasteiger partial charge in [-0.05, 0) is 30.3 Å². The van der Waals surface area contributed by atoms with Crippen LogP contribution in [0.15, 0.2) is 40.9 Å². The molecule has 18 heavy (non-hydrogen) atoms. The van der Waals surface area contributed by atoms with Crippen LogP contribution in [0.5, 0.6) is 11.5 Å². The molecule has 0 heterocycles. The molecule has 0 aromatic heterocycles. The van der Waals surface area contributed by atoms with E-state index in [1.807, 2.05) is 0 Å². The molecule has 0 bridgehead atoms. The first-order valence-corrected chi connectivity index (χ1v) is 5.77. The van der Waals surface area contributed by atoms with Crippen LogP contribution in [0.4, 0.5) is 8.78 Å². The number of rotatable bonds is 3. The Hall–Kier alpha value is -1.75. The van der Waals surface area contributed by atoms with Crippen molar-refractivity contribution in [1.29, 1.82) is 0 Å². The Labute approximate surface area is 110 Å². The van der Waals surface area contributed by atoms with E-state index in [-0.39, 0.29) is 17.1 Å². The van der Waals surface area contributed by atoms with Gasteiger partial charge >= 0.3 is 0 Å². The number of halogens is 3. The molecule has 2 rings (SSSR count). The third kappa shape index (κ3) is 2.56. The second kappa shape index (κ2) is 5.27. The number of benzene rings is 2. The SMILES string of the molecule is O=Cc1cc(Br)ccc1Oc1cccc(F)c1F. The average Bonchev–Trinajstić information content (AvgIpc) is 2.37. The molecule has 0 spiro atoms. The molecular formula is C13H7BrF2O2. The molecule has 0 aliphatic carbocycles. The van der Waals surface area contributed by atoms with Gasteiger partial charge < -0.3 is 4.74 Å². The lowest BCUT2D eigenvalue weighted by molar-refractivity contribution is 0.112. The molecule has 0 fully saturated rings. The zero-order valence-corrected chi connectivity index (χ0v) is 10.6. The highest BCUT2D eigenvalue weighted by Gasteiger charge is 2.11. The summed E-state index contributed by atoms with van der Waals surface area (Å²) < 4.78 is 32.3. The highest BCUT2D eigenvalue weighted by molar-refractivity contribution is 9.10. The monoisotopic (exact) mass is 312 g/mol. The van der Waals surface area contributed by atoms with Gasteiger partial charge in [0.25, 0.3) is 0 Å². The van der Waals surface area contributed by atoms with Crippen molar-refractivity contribution < 1.29 is 18.3 Å². The van der Waals surface area contributed by atoms with Crippen LogP contribution in [0.25, 0.3) is 0 Å². The standard InChI is InChI=1S/C13H7BrF2O2/c14-9-4-5-11(8(6-9)7-17)18-12-3-1-2-10(15)13(12)16/h1-7H. The third-order valence-electron chi connectivity index (χ3n) is 2.23. The first-order chi connectivity index (χ1) is 8.61. The molecule has 0 radical (unpaired) electrons. The molecule has 0 aliphatic rings. The van der Waals surface area contributed by atoms with Crippen LogP contribution in [0.3, 0.4) is 0 Å². The van der Waals surface area contributed by atoms with Crippen LogP contribution < -0.4 is 4.74 Å². The van der Waals surface area contributed by atoms with Gasteiger partial charge in [0.15, 0.2) is 17.9 Å². The fraction of sp³-hybridized carbons (Fsp3) is 0. The molecule has 0 aliphatic heterocycles. The summed E-state index contributed by atoms with van der Waals surface area (Å²) in [5.74, 6) is -2.19. The fourth-order valence-corrected chi connectivity index (χ4v) is 1.76. The smallest absolute Gasteiger partial charge is 0.201 e. The van der Waals surface area contributed by atoms with E-state index in [0.717, 1.165) is 6.07 Å². The van der Waals surface area contributed by atoms with Crippen molar-refractivity contribution in [1.82, 2.24) is 0 Å². The maximum Gasteiger partial charge on any atom is 0.201 e. The van der Waals surface area contributed by atoms with Gasteiger partial charge in [-0.2, -0.15) is 4.39 Å². The summed E-state index contributed by atoms with van der Waals surface area (Å²) in [6.07, 6.45) is 0.581. The van der Waals surface area contributed by atoms with Crippen LogP contribution >= 0.6 is 15.9 Å². The Bertz CT molecular complexity index is 600. The Morgan fingerprint density at radius 1 is 1.11 bits per heavy atom. The van der Waals surface area contributed by atoms with Crippen LogP contribution in [0.2, 0.25) is 0 Å². The summed E-state index contributed by atoms with van der Waals surface area (Å²) in [4.78, 5) is 10.9. The molecular weight excluding hydrogens is 306 g/mol. The number of carbonyl (C=O) groups is 1. The van der Waals surface area contributed by atoms with Gasteiger partial charge in [0.2, 0.25) is 5.82 Å².